The molecular weight excluding hydrogens is 232 g/mol. The molecule has 1 aliphatic heterocycles. The molecule has 4 atom stereocenters. The van der Waals surface area contributed by atoms with Gasteiger partial charge < -0.3 is 25.2 Å². The molecule has 1 fully saturated rings. The molecule has 1 aliphatic rings. The van der Waals surface area contributed by atoms with Gasteiger partial charge in [0.05, 0.1) is 12.9 Å². The van der Waals surface area contributed by atoms with E-state index in [9.17, 15) is 8.42 Å². The van der Waals surface area contributed by atoms with Crippen molar-refractivity contribution in [2.45, 2.75) is 24.6 Å². The average molecular weight is 246 g/mol. The number of hydrogen-bond donors (Lipinski definition) is 5. The van der Waals surface area contributed by atoms with E-state index in [0.717, 1.165) is 0 Å². The average Bonchev–Trinajstić information content (AvgIpc) is 2.29. The van der Waals surface area contributed by atoms with Crippen LogP contribution < -0.4 is 0 Å². The first-order chi connectivity index (χ1) is 6.66. The van der Waals surface area contributed by atoms with E-state index in [2.05, 4.69) is 4.74 Å². The zero-order valence-corrected chi connectivity index (χ0v) is 8.70. The summed E-state index contributed by atoms with van der Waals surface area (Å²) in [6, 6.07) is 0. The van der Waals surface area contributed by atoms with E-state index in [0.29, 0.717) is 6.26 Å². The first-order valence-corrected chi connectivity index (χ1v) is 5.74. The minimum Gasteiger partial charge on any atom is -0.394 e. The smallest absolute Gasteiger partial charge is 0.261 e. The molecule has 1 rings (SSSR count). The van der Waals surface area contributed by atoms with Crippen molar-refractivity contribution in [2.24, 2.45) is 0 Å². The van der Waals surface area contributed by atoms with Crippen LogP contribution >= 0.6 is 0 Å². The Morgan fingerprint density at radius 3 is 1.73 bits per heavy atom. The fourth-order valence-corrected chi connectivity index (χ4v) is 0.880. The highest BCUT2D eigenvalue weighted by Crippen LogP contribution is 2.18. The zero-order chi connectivity index (χ0) is 12.2. The number of aliphatic hydroxyl groups is 4. The van der Waals surface area contributed by atoms with Crippen molar-refractivity contribution >= 4 is 10.1 Å². The van der Waals surface area contributed by atoms with Gasteiger partial charge in [-0.1, -0.05) is 0 Å². The molecule has 0 radical (unpaired) electrons. The predicted octanol–water partition coefficient (Wildman–Crippen LogP) is -3.08. The van der Waals surface area contributed by atoms with Gasteiger partial charge in [-0.25, -0.2) is 0 Å². The highest BCUT2D eigenvalue weighted by Gasteiger charge is 2.41. The van der Waals surface area contributed by atoms with Crippen molar-refractivity contribution in [3.05, 3.63) is 0 Å². The quantitative estimate of drug-likeness (QED) is 0.306. The van der Waals surface area contributed by atoms with Crippen LogP contribution in [0.2, 0.25) is 0 Å². The van der Waals surface area contributed by atoms with Gasteiger partial charge in [0.2, 0.25) is 0 Å². The lowest BCUT2D eigenvalue weighted by Gasteiger charge is -2.09. The van der Waals surface area contributed by atoms with Gasteiger partial charge in [-0.05, 0) is 0 Å². The Labute approximate surface area is 86.5 Å². The molecule has 0 aromatic heterocycles. The van der Waals surface area contributed by atoms with Crippen molar-refractivity contribution < 1.29 is 38.1 Å². The molecular formula is C6H14O8S. The van der Waals surface area contributed by atoms with E-state index in [4.69, 9.17) is 25.0 Å². The highest BCUT2D eigenvalue weighted by molar-refractivity contribution is 7.85. The molecule has 1 heterocycles. The summed E-state index contributed by atoms with van der Waals surface area (Å²) in [4.78, 5) is 0. The van der Waals surface area contributed by atoms with Crippen LogP contribution in [0.3, 0.4) is 0 Å². The topological polar surface area (TPSA) is 145 Å². The van der Waals surface area contributed by atoms with Gasteiger partial charge in [-0.15, -0.1) is 0 Å². The van der Waals surface area contributed by atoms with E-state index in [-0.39, 0.29) is 0 Å². The van der Waals surface area contributed by atoms with Gasteiger partial charge in [0.15, 0.2) is 6.29 Å². The van der Waals surface area contributed by atoms with Gasteiger partial charge in [-0.2, -0.15) is 8.42 Å². The molecule has 0 aliphatic carbocycles. The summed E-state index contributed by atoms with van der Waals surface area (Å²) >= 11 is 0. The van der Waals surface area contributed by atoms with Crippen LogP contribution in [0.25, 0.3) is 0 Å². The molecule has 0 unspecified atom stereocenters. The molecule has 92 valence electrons. The van der Waals surface area contributed by atoms with Gasteiger partial charge in [0, 0.05) is 0 Å². The Hall–Kier alpha value is -0.290. The summed E-state index contributed by atoms with van der Waals surface area (Å²) in [6.45, 7) is -0.407. The lowest BCUT2D eigenvalue weighted by Crippen LogP contribution is -2.33. The lowest BCUT2D eigenvalue weighted by molar-refractivity contribution is -0.132. The third-order valence-electron chi connectivity index (χ3n) is 1.52. The summed E-state index contributed by atoms with van der Waals surface area (Å²) < 4.78 is 30.4. The standard InChI is InChI=1S/C5H10O5.CH4O3S/c6-1-2-3(7)4(8)5(9)10-2;1-5(2,3)4/h2-9H,1H2;1H3,(H,2,3,4)/t2-,3-,4-,5+;/m1./s1. The van der Waals surface area contributed by atoms with Crippen LogP contribution in [-0.2, 0) is 14.9 Å². The Morgan fingerprint density at radius 1 is 1.20 bits per heavy atom. The monoisotopic (exact) mass is 246 g/mol. The van der Waals surface area contributed by atoms with Gasteiger partial charge in [0.1, 0.15) is 18.3 Å². The molecule has 15 heavy (non-hydrogen) atoms. The fourth-order valence-electron chi connectivity index (χ4n) is 0.880. The van der Waals surface area contributed by atoms with Crippen LogP contribution in [0.15, 0.2) is 0 Å². The van der Waals surface area contributed by atoms with E-state index in [1.165, 1.54) is 0 Å². The normalized spacial score (nSPS) is 35.9. The second-order valence-electron chi connectivity index (χ2n) is 2.96. The zero-order valence-electron chi connectivity index (χ0n) is 7.89. The van der Waals surface area contributed by atoms with Crippen molar-refractivity contribution in [1.82, 2.24) is 0 Å². The Bertz CT molecular complexity index is 267. The first-order valence-electron chi connectivity index (χ1n) is 3.89. The summed E-state index contributed by atoms with van der Waals surface area (Å²) in [7, 11) is -3.67. The van der Waals surface area contributed by atoms with E-state index in [1.807, 2.05) is 0 Å². The van der Waals surface area contributed by atoms with Crippen LogP contribution in [0.1, 0.15) is 0 Å². The summed E-state index contributed by atoms with van der Waals surface area (Å²) in [5.74, 6) is 0. The molecule has 0 bridgehead atoms. The number of hydrogen-bond acceptors (Lipinski definition) is 7. The van der Waals surface area contributed by atoms with Crippen molar-refractivity contribution in [3.63, 3.8) is 0 Å². The molecule has 9 heteroatoms. The van der Waals surface area contributed by atoms with E-state index in [1.54, 1.807) is 0 Å². The third kappa shape index (κ3) is 5.99. The lowest BCUT2D eigenvalue weighted by atomic mass is 10.1. The molecule has 0 aromatic rings. The minimum atomic E-state index is -3.67. The largest absolute Gasteiger partial charge is 0.394 e. The van der Waals surface area contributed by atoms with Crippen molar-refractivity contribution in [3.8, 4) is 0 Å². The molecule has 1 saturated heterocycles. The SMILES string of the molecule is CS(=O)(=O)O.OC[C@H]1O[C@H](O)[C@H](O)[C@@H]1O. The van der Waals surface area contributed by atoms with E-state index >= 15 is 0 Å². The van der Waals surface area contributed by atoms with Crippen LogP contribution in [0, 0.1) is 0 Å². The maximum absolute atomic E-state index is 9.19. The molecule has 0 saturated carbocycles. The van der Waals surface area contributed by atoms with Crippen LogP contribution in [-0.4, -0.2) is 70.9 Å². The molecule has 5 N–H and O–H groups in total. The number of rotatable bonds is 1. The maximum Gasteiger partial charge on any atom is 0.261 e. The molecule has 0 amide bonds. The van der Waals surface area contributed by atoms with Crippen LogP contribution in [0.4, 0.5) is 0 Å². The predicted molar refractivity (Wildman–Crippen MR) is 47.5 cm³/mol. The molecule has 0 spiro atoms. The van der Waals surface area contributed by atoms with E-state index < -0.39 is 41.3 Å². The Kier molecular flexibility index (Phi) is 5.59. The second-order valence-corrected chi connectivity index (χ2v) is 4.43. The number of aliphatic hydroxyl groups excluding tert-OH is 4. The van der Waals surface area contributed by atoms with Crippen LogP contribution in [0.5, 0.6) is 0 Å². The fraction of sp³-hybridized carbons (Fsp3) is 1.00. The Balaban J connectivity index is 0.000000336. The summed E-state index contributed by atoms with van der Waals surface area (Å²) in [5.41, 5.74) is 0. The van der Waals surface area contributed by atoms with Crippen molar-refractivity contribution in [1.29, 1.82) is 0 Å². The summed E-state index contributed by atoms with van der Waals surface area (Å²) in [6.07, 6.45) is -4.04. The highest BCUT2D eigenvalue weighted by atomic mass is 32.2. The number of ether oxygens (including phenoxy) is 1. The minimum absolute atomic E-state index is 0.407. The summed E-state index contributed by atoms with van der Waals surface area (Å²) in [5, 5.41) is 35.0. The van der Waals surface area contributed by atoms with Gasteiger partial charge in [0.25, 0.3) is 10.1 Å². The first kappa shape index (κ1) is 14.7. The third-order valence-corrected chi connectivity index (χ3v) is 1.52. The van der Waals surface area contributed by atoms with Gasteiger partial charge in [-0.3, -0.25) is 4.55 Å². The molecule has 0 aromatic carbocycles. The van der Waals surface area contributed by atoms with Crippen molar-refractivity contribution in [2.75, 3.05) is 12.9 Å². The Morgan fingerprint density at radius 2 is 1.60 bits per heavy atom. The second kappa shape index (κ2) is 5.70. The maximum atomic E-state index is 9.19. The van der Waals surface area contributed by atoms with Gasteiger partial charge >= 0.3 is 0 Å². The molecule has 8 nitrogen and oxygen atoms in total.